The van der Waals surface area contributed by atoms with Gasteiger partial charge in [-0.05, 0) is 24.3 Å². The summed E-state index contributed by atoms with van der Waals surface area (Å²) in [6, 6.07) is 2.26. The number of benzene rings is 1. The van der Waals surface area contributed by atoms with Gasteiger partial charge in [0.25, 0.3) is 11.6 Å². The Balaban J connectivity index is 2.52. The minimum Gasteiger partial charge on any atom is -0.494 e. The van der Waals surface area contributed by atoms with E-state index in [0.29, 0.717) is 19.4 Å². The van der Waals surface area contributed by atoms with E-state index in [2.05, 4.69) is 5.32 Å². The maximum Gasteiger partial charge on any atom is 0.404 e. The predicted molar refractivity (Wildman–Crippen MR) is 107 cm³/mol. The molecule has 1 heterocycles. The third kappa shape index (κ3) is 4.69. The van der Waals surface area contributed by atoms with Gasteiger partial charge in [-0.3, -0.25) is 14.9 Å². The summed E-state index contributed by atoms with van der Waals surface area (Å²) in [5, 5.41) is 14.3. The number of carbonyl (C=O) groups is 2. The number of piperidine rings is 1. The third-order valence-electron chi connectivity index (χ3n) is 4.99. The fraction of sp³-hybridized carbons (Fsp3) is 0.579. The maximum absolute atomic E-state index is 13.4. The number of amides is 2. The smallest absolute Gasteiger partial charge is 0.404 e. The van der Waals surface area contributed by atoms with Crippen molar-refractivity contribution in [3.8, 4) is 5.75 Å². The van der Waals surface area contributed by atoms with Gasteiger partial charge in [-0.2, -0.15) is 0 Å². The van der Waals surface area contributed by atoms with Gasteiger partial charge in [0.1, 0.15) is 11.9 Å². The first-order valence-electron chi connectivity index (χ1n) is 9.32. The topological polar surface area (TPSA) is 137 Å². The van der Waals surface area contributed by atoms with E-state index in [4.69, 9.17) is 15.2 Å². The zero-order chi connectivity index (χ0) is 21.9. The van der Waals surface area contributed by atoms with Gasteiger partial charge in [-0.1, -0.05) is 20.8 Å². The van der Waals surface area contributed by atoms with Crippen LogP contribution in [0, 0.1) is 15.5 Å². The molecular formula is C19H28N4O6. The van der Waals surface area contributed by atoms with Crippen LogP contribution in [-0.2, 0) is 4.74 Å². The van der Waals surface area contributed by atoms with E-state index >= 15 is 0 Å². The molecule has 1 fully saturated rings. The van der Waals surface area contributed by atoms with E-state index in [9.17, 15) is 19.7 Å². The number of nitrogens with two attached hydrogens (primary N) is 1. The Bertz CT molecular complexity index is 805. The number of nitrogens with one attached hydrogen (secondary N) is 1. The Morgan fingerprint density at radius 2 is 2.00 bits per heavy atom. The number of nitro benzene ring substituents is 1. The summed E-state index contributed by atoms with van der Waals surface area (Å²) in [6.45, 7) is 6.25. The van der Waals surface area contributed by atoms with Gasteiger partial charge < -0.3 is 25.4 Å². The molecule has 160 valence electrons. The van der Waals surface area contributed by atoms with E-state index in [1.807, 2.05) is 20.8 Å². The molecule has 2 amide bonds. The van der Waals surface area contributed by atoms with Crippen LogP contribution in [0.25, 0.3) is 0 Å². The van der Waals surface area contributed by atoms with Crippen LogP contribution >= 0.6 is 0 Å². The zero-order valence-electron chi connectivity index (χ0n) is 17.4. The van der Waals surface area contributed by atoms with Crippen molar-refractivity contribution in [3.05, 3.63) is 27.8 Å². The fourth-order valence-electron chi connectivity index (χ4n) is 3.93. The second-order valence-corrected chi connectivity index (χ2v) is 8.01. The zero-order valence-corrected chi connectivity index (χ0v) is 17.4. The van der Waals surface area contributed by atoms with Gasteiger partial charge in [0, 0.05) is 19.7 Å². The molecule has 2 rings (SSSR count). The highest BCUT2D eigenvalue weighted by molar-refractivity contribution is 5.97. The maximum atomic E-state index is 13.4. The molecule has 1 saturated heterocycles. The van der Waals surface area contributed by atoms with Gasteiger partial charge in [0.2, 0.25) is 0 Å². The van der Waals surface area contributed by atoms with Crippen LogP contribution in [0.1, 0.15) is 44.0 Å². The molecule has 0 bridgehead atoms. The van der Waals surface area contributed by atoms with Crippen LogP contribution in [-0.4, -0.2) is 54.7 Å². The second kappa shape index (κ2) is 8.54. The molecule has 0 aromatic heterocycles. The Morgan fingerprint density at radius 1 is 1.34 bits per heavy atom. The lowest BCUT2D eigenvalue weighted by Gasteiger charge is -2.47. The van der Waals surface area contributed by atoms with Crippen molar-refractivity contribution in [2.24, 2.45) is 11.1 Å². The van der Waals surface area contributed by atoms with E-state index < -0.39 is 34.5 Å². The number of rotatable bonds is 5. The quantitative estimate of drug-likeness (QED) is 0.564. The predicted octanol–water partition coefficient (Wildman–Crippen LogP) is 2.76. The van der Waals surface area contributed by atoms with Crippen molar-refractivity contribution in [2.75, 3.05) is 26.0 Å². The Kier molecular flexibility index (Phi) is 6.55. The summed E-state index contributed by atoms with van der Waals surface area (Å²) in [4.78, 5) is 37.3. The van der Waals surface area contributed by atoms with Crippen LogP contribution in [0.5, 0.6) is 5.75 Å². The van der Waals surface area contributed by atoms with E-state index in [1.54, 1.807) is 11.9 Å². The van der Waals surface area contributed by atoms with E-state index in [0.717, 1.165) is 0 Å². The molecule has 0 aliphatic carbocycles. The van der Waals surface area contributed by atoms with Gasteiger partial charge in [0.05, 0.1) is 23.6 Å². The van der Waals surface area contributed by atoms with Crippen molar-refractivity contribution in [1.29, 1.82) is 0 Å². The number of anilines is 1. The van der Waals surface area contributed by atoms with Crippen molar-refractivity contribution >= 4 is 23.4 Å². The second-order valence-electron chi connectivity index (χ2n) is 8.01. The first-order valence-corrected chi connectivity index (χ1v) is 9.32. The third-order valence-corrected chi connectivity index (χ3v) is 4.99. The number of methoxy groups -OCH3 is 1. The molecule has 0 radical (unpaired) electrons. The fourth-order valence-corrected chi connectivity index (χ4v) is 3.93. The summed E-state index contributed by atoms with van der Waals surface area (Å²) < 4.78 is 10.5. The van der Waals surface area contributed by atoms with E-state index in [-0.39, 0.29) is 22.7 Å². The average molecular weight is 408 g/mol. The highest BCUT2D eigenvalue weighted by Crippen LogP contribution is 2.38. The molecule has 10 heteroatoms. The molecule has 2 atom stereocenters. The minimum atomic E-state index is -0.894. The monoisotopic (exact) mass is 408 g/mol. The number of hydrogen-bond acceptors (Lipinski definition) is 7. The Morgan fingerprint density at radius 3 is 2.48 bits per heavy atom. The largest absolute Gasteiger partial charge is 0.494 e. The number of ether oxygens (including phenoxy) is 2. The van der Waals surface area contributed by atoms with Crippen LogP contribution < -0.4 is 15.8 Å². The lowest BCUT2D eigenvalue weighted by Crippen LogP contribution is -2.58. The van der Waals surface area contributed by atoms with Crippen molar-refractivity contribution in [3.63, 3.8) is 0 Å². The first-order chi connectivity index (χ1) is 13.5. The lowest BCUT2D eigenvalue weighted by molar-refractivity contribution is -0.384. The number of primary amides is 1. The van der Waals surface area contributed by atoms with Crippen LogP contribution in [0.4, 0.5) is 16.2 Å². The number of hydrogen-bond donors (Lipinski definition) is 2. The summed E-state index contributed by atoms with van der Waals surface area (Å²) >= 11 is 0. The van der Waals surface area contributed by atoms with Crippen LogP contribution in [0.3, 0.4) is 0 Å². The highest BCUT2D eigenvalue weighted by Gasteiger charge is 2.44. The summed E-state index contributed by atoms with van der Waals surface area (Å²) in [6.07, 6.45) is -0.256. The SMILES string of the molecule is CNc1c(OC)cc(C(=O)N2CCCC(OC(N)=O)[C@H]2C(C)(C)C)cc1[N+](=O)[O-]. The number of nitro groups is 1. The number of carbonyl (C=O) groups excluding carboxylic acids is 2. The summed E-state index contributed by atoms with van der Waals surface area (Å²) in [7, 11) is 2.92. The van der Waals surface area contributed by atoms with Gasteiger partial charge in [-0.25, -0.2) is 4.79 Å². The lowest BCUT2D eigenvalue weighted by atomic mass is 9.78. The number of likely N-dealkylation sites (tertiary alicyclic amines) is 1. The molecule has 29 heavy (non-hydrogen) atoms. The first kappa shape index (κ1) is 22.3. The van der Waals surface area contributed by atoms with Crippen molar-refractivity contribution in [2.45, 2.75) is 45.8 Å². The number of nitrogens with zero attached hydrogens (tertiary/aromatic N) is 2. The molecule has 1 aliphatic rings. The highest BCUT2D eigenvalue weighted by atomic mass is 16.6. The molecule has 0 saturated carbocycles. The van der Waals surface area contributed by atoms with Crippen LogP contribution in [0.2, 0.25) is 0 Å². The van der Waals surface area contributed by atoms with Crippen molar-refractivity contribution < 1.29 is 24.0 Å². The van der Waals surface area contributed by atoms with Crippen molar-refractivity contribution in [1.82, 2.24) is 4.90 Å². The molecule has 0 spiro atoms. The molecule has 1 aromatic carbocycles. The molecule has 3 N–H and O–H groups in total. The van der Waals surface area contributed by atoms with E-state index in [1.165, 1.54) is 19.2 Å². The standard InChI is InChI=1S/C19H28N4O6/c1-19(2,3)16-13(29-18(20)25)7-6-8-22(16)17(24)11-9-12(23(26)27)15(21-4)14(10-11)28-5/h9-10,13,16,21H,6-8H2,1-5H3,(H2,20,25)/t13?,16-/m0/s1. The summed E-state index contributed by atoms with van der Waals surface area (Å²) in [5.41, 5.74) is 4.86. The van der Waals surface area contributed by atoms with Gasteiger partial charge in [0.15, 0.2) is 5.69 Å². The van der Waals surface area contributed by atoms with Gasteiger partial charge >= 0.3 is 6.09 Å². The Labute approximate surface area is 169 Å². The van der Waals surface area contributed by atoms with Gasteiger partial charge in [-0.15, -0.1) is 0 Å². The molecule has 10 nitrogen and oxygen atoms in total. The average Bonchev–Trinajstić information content (AvgIpc) is 2.64. The Hall–Kier alpha value is -3.04. The molecule has 1 unspecified atom stereocenters. The minimum absolute atomic E-state index is 0.126. The molecule has 1 aromatic rings. The molecule has 1 aliphatic heterocycles. The molecular weight excluding hydrogens is 380 g/mol. The normalized spacial score (nSPS) is 19.4. The summed E-state index contributed by atoms with van der Waals surface area (Å²) in [5.74, 6) is -0.203. The van der Waals surface area contributed by atoms with Crippen LogP contribution in [0.15, 0.2) is 12.1 Å².